The van der Waals surface area contributed by atoms with Gasteiger partial charge < -0.3 is 5.32 Å². The van der Waals surface area contributed by atoms with Crippen LogP contribution in [0.15, 0.2) is 24.3 Å². The molecule has 0 bridgehead atoms. The van der Waals surface area contributed by atoms with Gasteiger partial charge in [-0.1, -0.05) is 18.2 Å². The number of halogens is 2. The molecule has 1 N–H and O–H groups in total. The Balaban J connectivity index is 2.73. The van der Waals surface area contributed by atoms with Crippen molar-refractivity contribution in [1.29, 1.82) is 0 Å². The smallest absolute Gasteiger partial charge is 0.263 e. The lowest BCUT2D eigenvalue weighted by atomic mass is 10.1. The average molecular weight is 185 g/mol. The van der Waals surface area contributed by atoms with Crippen molar-refractivity contribution >= 4 is 6.41 Å². The Morgan fingerprint density at radius 1 is 1.46 bits per heavy atom. The first-order valence-corrected chi connectivity index (χ1v) is 3.78. The van der Waals surface area contributed by atoms with E-state index in [-0.39, 0.29) is 12.1 Å². The van der Waals surface area contributed by atoms with E-state index in [9.17, 15) is 13.6 Å². The lowest BCUT2D eigenvalue weighted by Crippen LogP contribution is -2.09. The fourth-order valence-electron chi connectivity index (χ4n) is 0.998. The van der Waals surface area contributed by atoms with Crippen LogP contribution in [0.5, 0.6) is 0 Å². The van der Waals surface area contributed by atoms with Gasteiger partial charge in [0.2, 0.25) is 6.41 Å². The third kappa shape index (κ3) is 2.82. The molecule has 0 fully saturated rings. The summed E-state index contributed by atoms with van der Waals surface area (Å²) in [6.07, 6.45) is -1.93. The van der Waals surface area contributed by atoms with E-state index in [4.69, 9.17) is 0 Å². The van der Waals surface area contributed by atoms with Gasteiger partial charge in [0, 0.05) is 12.1 Å². The van der Waals surface area contributed by atoms with Gasteiger partial charge in [-0.05, 0) is 11.6 Å². The van der Waals surface area contributed by atoms with Crippen LogP contribution < -0.4 is 5.32 Å². The molecule has 0 saturated heterocycles. The van der Waals surface area contributed by atoms with Crippen LogP contribution in [-0.4, -0.2) is 6.41 Å². The van der Waals surface area contributed by atoms with E-state index in [0.717, 1.165) is 0 Å². The normalized spacial score (nSPS) is 10.1. The summed E-state index contributed by atoms with van der Waals surface area (Å²) in [5.41, 5.74) is 0.648. The van der Waals surface area contributed by atoms with Gasteiger partial charge in [0.25, 0.3) is 6.43 Å². The van der Waals surface area contributed by atoms with Gasteiger partial charge in [-0.25, -0.2) is 8.78 Å². The topological polar surface area (TPSA) is 29.1 Å². The highest BCUT2D eigenvalue weighted by molar-refractivity contribution is 5.46. The van der Waals surface area contributed by atoms with Gasteiger partial charge in [0.1, 0.15) is 0 Å². The highest BCUT2D eigenvalue weighted by Crippen LogP contribution is 2.19. The molecule has 1 amide bonds. The fraction of sp³-hybridized carbons (Fsp3) is 0.222. The highest BCUT2D eigenvalue weighted by atomic mass is 19.3. The third-order valence-corrected chi connectivity index (χ3v) is 1.59. The predicted octanol–water partition coefficient (Wildman–Crippen LogP) is 1.87. The second-order valence-corrected chi connectivity index (χ2v) is 2.54. The SMILES string of the molecule is O=CNCc1cccc(C(F)F)c1. The lowest BCUT2D eigenvalue weighted by Gasteiger charge is -2.03. The summed E-state index contributed by atoms with van der Waals surface area (Å²) in [5.74, 6) is 0. The maximum absolute atomic E-state index is 12.2. The second-order valence-electron chi connectivity index (χ2n) is 2.54. The summed E-state index contributed by atoms with van der Waals surface area (Å²) < 4.78 is 24.4. The Kier molecular flexibility index (Phi) is 3.37. The zero-order valence-corrected chi connectivity index (χ0v) is 6.84. The molecule has 0 aliphatic carbocycles. The van der Waals surface area contributed by atoms with Gasteiger partial charge in [0.05, 0.1) is 0 Å². The molecule has 0 radical (unpaired) electrons. The molecule has 1 aromatic carbocycles. The van der Waals surface area contributed by atoms with Crippen LogP contribution in [0.2, 0.25) is 0 Å². The number of amides is 1. The minimum Gasteiger partial charge on any atom is -0.355 e. The first kappa shape index (κ1) is 9.64. The van der Waals surface area contributed by atoms with Crippen molar-refractivity contribution < 1.29 is 13.6 Å². The van der Waals surface area contributed by atoms with Crippen LogP contribution in [0.4, 0.5) is 8.78 Å². The molecular formula is C9H9F2NO. The number of hydrogen-bond acceptors (Lipinski definition) is 1. The largest absolute Gasteiger partial charge is 0.355 e. The number of hydrogen-bond donors (Lipinski definition) is 1. The van der Waals surface area contributed by atoms with E-state index in [0.29, 0.717) is 12.0 Å². The molecule has 1 aromatic rings. The molecule has 0 unspecified atom stereocenters. The molecule has 0 atom stereocenters. The average Bonchev–Trinajstić information content (AvgIpc) is 2.15. The van der Waals surface area contributed by atoms with Gasteiger partial charge in [-0.3, -0.25) is 4.79 Å². The summed E-state index contributed by atoms with van der Waals surface area (Å²) >= 11 is 0. The van der Waals surface area contributed by atoms with E-state index in [1.54, 1.807) is 12.1 Å². The molecule has 0 aromatic heterocycles. The Hall–Kier alpha value is -1.45. The summed E-state index contributed by atoms with van der Waals surface area (Å²) in [4.78, 5) is 9.94. The van der Waals surface area contributed by atoms with E-state index >= 15 is 0 Å². The first-order valence-electron chi connectivity index (χ1n) is 3.78. The zero-order chi connectivity index (χ0) is 9.68. The summed E-state index contributed by atoms with van der Waals surface area (Å²) in [7, 11) is 0. The van der Waals surface area contributed by atoms with E-state index in [1.165, 1.54) is 12.1 Å². The molecule has 13 heavy (non-hydrogen) atoms. The Morgan fingerprint density at radius 2 is 2.23 bits per heavy atom. The minimum absolute atomic E-state index is 0.0230. The predicted molar refractivity (Wildman–Crippen MR) is 44.3 cm³/mol. The minimum atomic E-state index is -2.46. The standard InChI is InChI=1S/C9H9F2NO/c10-9(11)8-3-1-2-7(4-8)5-12-6-13/h1-4,6,9H,5H2,(H,12,13). The molecule has 1 rings (SSSR count). The third-order valence-electron chi connectivity index (χ3n) is 1.59. The highest BCUT2D eigenvalue weighted by Gasteiger charge is 2.06. The van der Waals surface area contributed by atoms with Crippen molar-refractivity contribution in [3.63, 3.8) is 0 Å². The number of carbonyl (C=O) groups excluding carboxylic acids is 1. The quantitative estimate of drug-likeness (QED) is 0.713. The second kappa shape index (κ2) is 4.54. The van der Waals surface area contributed by atoms with Gasteiger partial charge >= 0.3 is 0 Å². The summed E-state index contributed by atoms with van der Waals surface area (Å²) in [5, 5.41) is 2.41. The van der Waals surface area contributed by atoms with E-state index < -0.39 is 6.43 Å². The van der Waals surface area contributed by atoms with Gasteiger partial charge in [0.15, 0.2) is 0 Å². The maximum atomic E-state index is 12.2. The van der Waals surface area contributed by atoms with Crippen molar-refractivity contribution in [2.45, 2.75) is 13.0 Å². The van der Waals surface area contributed by atoms with Crippen molar-refractivity contribution in [1.82, 2.24) is 5.32 Å². The Bertz CT molecular complexity index is 289. The lowest BCUT2D eigenvalue weighted by molar-refractivity contribution is -0.109. The number of benzene rings is 1. The molecule has 0 saturated carbocycles. The number of rotatable bonds is 4. The molecule has 4 heteroatoms. The molecule has 2 nitrogen and oxygen atoms in total. The van der Waals surface area contributed by atoms with Crippen LogP contribution in [0, 0.1) is 0 Å². The summed E-state index contributed by atoms with van der Waals surface area (Å²) in [6.45, 7) is 0.282. The van der Waals surface area contributed by atoms with Gasteiger partial charge in [-0.2, -0.15) is 0 Å². The van der Waals surface area contributed by atoms with Crippen LogP contribution in [0.3, 0.4) is 0 Å². The Labute approximate surface area is 74.6 Å². The molecule has 0 heterocycles. The van der Waals surface area contributed by atoms with Crippen molar-refractivity contribution in [3.05, 3.63) is 35.4 Å². The fourth-order valence-corrected chi connectivity index (χ4v) is 0.998. The number of nitrogens with one attached hydrogen (secondary N) is 1. The maximum Gasteiger partial charge on any atom is 0.263 e. The molecule has 0 spiro atoms. The first-order chi connectivity index (χ1) is 6.24. The Morgan fingerprint density at radius 3 is 2.85 bits per heavy atom. The number of alkyl halides is 2. The summed E-state index contributed by atoms with van der Waals surface area (Å²) in [6, 6.07) is 5.96. The molecule has 0 aliphatic heterocycles. The van der Waals surface area contributed by atoms with Crippen LogP contribution >= 0.6 is 0 Å². The van der Waals surface area contributed by atoms with Crippen molar-refractivity contribution in [2.24, 2.45) is 0 Å². The zero-order valence-electron chi connectivity index (χ0n) is 6.84. The molecule has 0 aliphatic rings. The monoisotopic (exact) mass is 185 g/mol. The number of carbonyl (C=O) groups is 1. The van der Waals surface area contributed by atoms with Crippen LogP contribution in [0.1, 0.15) is 17.6 Å². The van der Waals surface area contributed by atoms with Gasteiger partial charge in [-0.15, -0.1) is 0 Å². The van der Waals surface area contributed by atoms with Crippen LogP contribution in [-0.2, 0) is 11.3 Å². The molecule has 70 valence electrons. The van der Waals surface area contributed by atoms with E-state index in [2.05, 4.69) is 5.32 Å². The van der Waals surface area contributed by atoms with Crippen molar-refractivity contribution in [2.75, 3.05) is 0 Å². The van der Waals surface area contributed by atoms with Crippen molar-refractivity contribution in [3.8, 4) is 0 Å². The molecular weight excluding hydrogens is 176 g/mol. The van der Waals surface area contributed by atoms with Crippen LogP contribution in [0.25, 0.3) is 0 Å². The van der Waals surface area contributed by atoms with E-state index in [1.807, 2.05) is 0 Å².